The monoisotopic (exact) mass is 364 g/mol. The summed E-state index contributed by atoms with van der Waals surface area (Å²) in [5.74, 6) is 1.80. The van der Waals surface area contributed by atoms with Crippen LogP contribution in [0, 0.1) is 26.7 Å². The van der Waals surface area contributed by atoms with Gasteiger partial charge in [-0.05, 0) is 56.9 Å². The van der Waals surface area contributed by atoms with Gasteiger partial charge in [-0.15, -0.1) is 0 Å². The molecule has 2 N–H and O–H groups in total. The summed E-state index contributed by atoms with van der Waals surface area (Å²) >= 11 is 1.58. The SMILES string of the molecule is Cc1cc(C)c(NC(=O)CCCSCC(=O)NC(C)C(C)C)c(C)c1. The number of rotatable bonds is 9. The molecule has 0 spiro atoms. The van der Waals surface area contributed by atoms with Crippen molar-refractivity contribution in [2.24, 2.45) is 5.92 Å². The molecule has 140 valence electrons. The van der Waals surface area contributed by atoms with Crippen LogP contribution >= 0.6 is 11.8 Å². The van der Waals surface area contributed by atoms with Gasteiger partial charge < -0.3 is 10.6 Å². The van der Waals surface area contributed by atoms with Crippen molar-refractivity contribution in [2.75, 3.05) is 16.8 Å². The molecule has 25 heavy (non-hydrogen) atoms. The van der Waals surface area contributed by atoms with Crippen LogP contribution in [0.3, 0.4) is 0 Å². The highest BCUT2D eigenvalue weighted by Gasteiger charge is 2.11. The molecule has 0 bridgehead atoms. The normalized spacial score (nSPS) is 12.1. The third-order valence-corrected chi connectivity index (χ3v) is 5.30. The van der Waals surface area contributed by atoms with E-state index in [0.717, 1.165) is 29.0 Å². The lowest BCUT2D eigenvalue weighted by Crippen LogP contribution is -2.37. The maximum absolute atomic E-state index is 12.1. The predicted octanol–water partition coefficient (Wildman–Crippen LogP) is 4.22. The van der Waals surface area contributed by atoms with Gasteiger partial charge in [-0.1, -0.05) is 31.5 Å². The molecular weight excluding hydrogens is 332 g/mol. The second-order valence-electron chi connectivity index (χ2n) is 7.08. The average molecular weight is 365 g/mol. The summed E-state index contributed by atoms with van der Waals surface area (Å²) in [6.45, 7) is 12.3. The van der Waals surface area contributed by atoms with Gasteiger partial charge in [0.05, 0.1) is 5.75 Å². The summed E-state index contributed by atoms with van der Waals surface area (Å²) in [6.07, 6.45) is 1.25. The van der Waals surface area contributed by atoms with E-state index in [0.29, 0.717) is 18.1 Å². The van der Waals surface area contributed by atoms with Crippen molar-refractivity contribution < 1.29 is 9.59 Å². The van der Waals surface area contributed by atoms with E-state index in [1.54, 1.807) is 11.8 Å². The average Bonchev–Trinajstić information content (AvgIpc) is 2.50. The minimum Gasteiger partial charge on any atom is -0.353 e. The quantitative estimate of drug-likeness (QED) is 0.645. The van der Waals surface area contributed by atoms with E-state index in [2.05, 4.69) is 43.5 Å². The van der Waals surface area contributed by atoms with Crippen LogP contribution < -0.4 is 10.6 Å². The highest BCUT2D eigenvalue weighted by Crippen LogP contribution is 2.22. The third kappa shape index (κ3) is 7.95. The Hall–Kier alpha value is -1.49. The molecule has 0 aliphatic rings. The Morgan fingerprint density at radius 2 is 1.64 bits per heavy atom. The maximum atomic E-state index is 12.1. The molecule has 0 aliphatic carbocycles. The molecule has 0 aromatic heterocycles. The highest BCUT2D eigenvalue weighted by atomic mass is 32.2. The first kappa shape index (κ1) is 21.6. The molecule has 4 nitrogen and oxygen atoms in total. The minimum atomic E-state index is 0.0357. The van der Waals surface area contributed by atoms with Crippen LogP contribution in [-0.2, 0) is 9.59 Å². The number of nitrogens with one attached hydrogen (secondary N) is 2. The van der Waals surface area contributed by atoms with Crippen LogP contribution in [0.15, 0.2) is 12.1 Å². The van der Waals surface area contributed by atoms with Gasteiger partial charge in [-0.25, -0.2) is 0 Å². The zero-order valence-corrected chi connectivity index (χ0v) is 17.2. The van der Waals surface area contributed by atoms with Gasteiger partial charge in [0.1, 0.15) is 0 Å². The Morgan fingerprint density at radius 3 is 2.20 bits per heavy atom. The number of anilines is 1. The van der Waals surface area contributed by atoms with Gasteiger partial charge in [0.2, 0.25) is 11.8 Å². The molecule has 0 saturated carbocycles. The Bertz CT molecular complexity index is 576. The molecule has 0 radical (unpaired) electrons. The first-order valence-electron chi connectivity index (χ1n) is 8.95. The number of benzene rings is 1. The van der Waals surface area contributed by atoms with Crippen molar-refractivity contribution in [3.8, 4) is 0 Å². The smallest absolute Gasteiger partial charge is 0.230 e. The van der Waals surface area contributed by atoms with E-state index in [4.69, 9.17) is 0 Å². The molecule has 0 heterocycles. The number of aryl methyl sites for hydroxylation is 3. The molecule has 1 aromatic carbocycles. The van der Waals surface area contributed by atoms with Crippen LogP contribution in [0.25, 0.3) is 0 Å². The second kappa shape index (κ2) is 10.5. The van der Waals surface area contributed by atoms with Gasteiger partial charge in [-0.2, -0.15) is 11.8 Å². The Labute approximate surface area is 156 Å². The molecular formula is C20H32N2O2S. The van der Waals surface area contributed by atoms with Gasteiger partial charge in [0, 0.05) is 18.2 Å². The molecule has 0 aliphatic heterocycles. The fourth-order valence-electron chi connectivity index (χ4n) is 2.54. The summed E-state index contributed by atoms with van der Waals surface area (Å²) in [6, 6.07) is 4.35. The lowest BCUT2D eigenvalue weighted by atomic mass is 10.0. The third-order valence-electron chi connectivity index (χ3n) is 4.26. The van der Waals surface area contributed by atoms with Crippen molar-refractivity contribution in [3.63, 3.8) is 0 Å². The lowest BCUT2D eigenvalue weighted by Gasteiger charge is -2.17. The van der Waals surface area contributed by atoms with Crippen molar-refractivity contribution in [1.82, 2.24) is 5.32 Å². The number of thioether (sulfide) groups is 1. The Morgan fingerprint density at radius 1 is 1.04 bits per heavy atom. The molecule has 1 rings (SSSR count). The highest BCUT2D eigenvalue weighted by molar-refractivity contribution is 7.99. The molecule has 2 amide bonds. The van der Waals surface area contributed by atoms with Gasteiger partial charge >= 0.3 is 0 Å². The first-order chi connectivity index (χ1) is 11.7. The lowest BCUT2D eigenvalue weighted by molar-refractivity contribution is -0.119. The summed E-state index contributed by atoms with van der Waals surface area (Å²) in [5, 5.41) is 6.01. The summed E-state index contributed by atoms with van der Waals surface area (Å²) < 4.78 is 0. The van der Waals surface area contributed by atoms with E-state index in [-0.39, 0.29) is 17.9 Å². The van der Waals surface area contributed by atoms with Crippen molar-refractivity contribution >= 4 is 29.3 Å². The van der Waals surface area contributed by atoms with Crippen LogP contribution in [0.4, 0.5) is 5.69 Å². The summed E-state index contributed by atoms with van der Waals surface area (Å²) in [4.78, 5) is 23.9. The van der Waals surface area contributed by atoms with Crippen LogP contribution in [0.5, 0.6) is 0 Å². The van der Waals surface area contributed by atoms with Gasteiger partial charge in [0.25, 0.3) is 0 Å². The molecule has 1 atom stereocenters. The van der Waals surface area contributed by atoms with E-state index >= 15 is 0 Å². The van der Waals surface area contributed by atoms with E-state index in [1.165, 1.54) is 5.56 Å². The van der Waals surface area contributed by atoms with Crippen molar-refractivity contribution in [3.05, 3.63) is 28.8 Å². The van der Waals surface area contributed by atoms with Gasteiger partial charge in [-0.3, -0.25) is 9.59 Å². The van der Waals surface area contributed by atoms with Crippen molar-refractivity contribution in [1.29, 1.82) is 0 Å². The number of amides is 2. The molecule has 5 heteroatoms. The fraction of sp³-hybridized carbons (Fsp3) is 0.600. The van der Waals surface area contributed by atoms with Crippen molar-refractivity contribution in [2.45, 2.75) is 60.4 Å². The zero-order valence-electron chi connectivity index (χ0n) is 16.4. The molecule has 1 unspecified atom stereocenters. The van der Waals surface area contributed by atoms with Gasteiger partial charge in [0.15, 0.2) is 0 Å². The van der Waals surface area contributed by atoms with E-state index < -0.39 is 0 Å². The number of carbonyl (C=O) groups is 2. The summed E-state index contributed by atoms with van der Waals surface area (Å²) in [5.41, 5.74) is 4.31. The maximum Gasteiger partial charge on any atom is 0.230 e. The van der Waals surface area contributed by atoms with Crippen LogP contribution in [-0.4, -0.2) is 29.4 Å². The van der Waals surface area contributed by atoms with Crippen LogP contribution in [0.2, 0.25) is 0 Å². The number of carbonyl (C=O) groups excluding carboxylic acids is 2. The topological polar surface area (TPSA) is 58.2 Å². The largest absolute Gasteiger partial charge is 0.353 e. The Kier molecular flexibility index (Phi) is 9.04. The van der Waals surface area contributed by atoms with E-state index in [1.807, 2.05) is 20.8 Å². The summed E-state index contributed by atoms with van der Waals surface area (Å²) in [7, 11) is 0. The number of hydrogen-bond acceptors (Lipinski definition) is 3. The predicted molar refractivity (Wildman–Crippen MR) is 108 cm³/mol. The molecule has 1 aromatic rings. The minimum absolute atomic E-state index is 0.0357. The second-order valence-corrected chi connectivity index (χ2v) is 8.18. The van der Waals surface area contributed by atoms with Crippen LogP contribution in [0.1, 0.15) is 50.3 Å². The molecule has 0 saturated heterocycles. The number of hydrogen-bond donors (Lipinski definition) is 2. The molecule has 0 fully saturated rings. The standard InChI is InChI=1S/C20H32N2O2S/c1-13(2)17(6)21-19(24)12-25-9-7-8-18(23)22-20-15(4)10-14(3)11-16(20)5/h10-11,13,17H,7-9,12H2,1-6H3,(H,21,24)(H,22,23). The fourth-order valence-corrected chi connectivity index (χ4v) is 3.30. The first-order valence-corrected chi connectivity index (χ1v) is 10.1. The zero-order chi connectivity index (χ0) is 19.0. The van der Waals surface area contributed by atoms with E-state index in [9.17, 15) is 9.59 Å². The Balaban J connectivity index is 2.27.